The van der Waals surface area contributed by atoms with Gasteiger partial charge in [-0.25, -0.2) is 9.78 Å². The van der Waals surface area contributed by atoms with Gasteiger partial charge >= 0.3 is 6.03 Å². The monoisotopic (exact) mass is 463 g/mol. The number of carbonyl (C=O) groups excluding carboxylic acids is 2. The Morgan fingerprint density at radius 3 is 2.30 bits per heavy atom. The molecule has 5 rings (SSSR count). The van der Waals surface area contributed by atoms with Gasteiger partial charge < -0.3 is 15.1 Å². The molecule has 3 aromatic rings. The molecule has 0 atom stereocenters. The number of hydrogen-bond acceptors (Lipinski definition) is 5. The van der Waals surface area contributed by atoms with Crippen molar-refractivity contribution in [1.29, 1.82) is 0 Å². The van der Waals surface area contributed by atoms with Crippen LogP contribution in [0, 0.1) is 5.92 Å². The fourth-order valence-electron chi connectivity index (χ4n) is 4.62. The Bertz CT molecular complexity index is 1070. The van der Waals surface area contributed by atoms with E-state index in [0.29, 0.717) is 13.1 Å². The summed E-state index contributed by atoms with van der Waals surface area (Å²) in [7, 11) is 0. The summed E-state index contributed by atoms with van der Waals surface area (Å²) in [6.45, 7) is 5.35. The van der Waals surface area contributed by atoms with Gasteiger partial charge in [0.15, 0.2) is 0 Å². The number of amides is 3. The first-order valence-electron chi connectivity index (χ1n) is 11.6. The number of fused-ring (bicyclic) bond motifs is 1. The SMILES string of the molecule is O=C(Nc1ccccc1)N1CCC(C(=O)N2CCN(Cc3nc4ccccc4s3)CC2)CC1. The standard InChI is InChI=1S/C25H29N5O2S/c31-24(19-10-12-30(13-11-19)25(32)26-20-6-2-1-3-7-20)29-16-14-28(15-17-29)18-23-27-21-8-4-5-9-22(21)33-23/h1-9,19H,10-18H2,(H,26,32). The summed E-state index contributed by atoms with van der Waals surface area (Å²) in [5.74, 6) is 0.263. The third-order valence-electron chi connectivity index (χ3n) is 6.54. The predicted octanol–water partition coefficient (Wildman–Crippen LogP) is 3.88. The molecule has 2 aromatic carbocycles. The first-order chi connectivity index (χ1) is 16.2. The minimum Gasteiger partial charge on any atom is -0.340 e. The number of hydrogen-bond donors (Lipinski definition) is 1. The Hall–Kier alpha value is -2.97. The molecule has 7 nitrogen and oxygen atoms in total. The van der Waals surface area contributed by atoms with Crippen molar-refractivity contribution in [3.8, 4) is 0 Å². The molecule has 0 unspecified atom stereocenters. The van der Waals surface area contributed by atoms with Crippen LogP contribution in [0.15, 0.2) is 54.6 Å². The maximum absolute atomic E-state index is 13.1. The fraction of sp³-hybridized carbons (Fsp3) is 0.400. The van der Waals surface area contributed by atoms with Crippen molar-refractivity contribution < 1.29 is 9.59 Å². The van der Waals surface area contributed by atoms with Crippen molar-refractivity contribution in [2.75, 3.05) is 44.6 Å². The molecule has 33 heavy (non-hydrogen) atoms. The Balaban J connectivity index is 1.07. The van der Waals surface area contributed by atoms with Crippen LogP contribution in [0.3, 0.4) is 0 Å². The molecule has 0 saturated carbocycles. The molecule has 8 heteroatoms. The van der Waals surface area contributed by atoms with E-state index in [-0.39, 0.29) is 17.9 Å². The highest BCUT2D eigenvalue weighted by atomic mass is 32.1. The number of thiazole rings is 1. The first-order valence-corrected chi connectivity index (χ1v) is 12.4. The molecule has 1 aromatic heterocycles. The average Bonchev–Trinajstić information content (AvgIpc) is 3.27. The maximum Gasteiger partial charge on any atom is 0.321 e. The van der Waals surface area contributed by atoms with Crippen molar-refractivity contribution in [2.24, 2.45) is 5.92 Å². The van der Waals surface area contributed by atoms with Gasteiger partial charge in [0.25, 0.3) is 0 Å². The molecule has 2 saturated heterocycles. The van der Waals surface area contributed by atoms with E-state index in [9.17, 15) is 9.59 Å². The zero-order chi connectivity index (χ0) is 22.6. The molecule has 2 fully saturated rings. The second-order valence-electron chi connectivity index (χ2n) is 8.73. The molecule has 3 heterocycles. The summed E-state index contributed by atoms with van der Waals surface area (Å²) in [6, 6.07) is 17.6. The van der Waals surface area contributed by atoms with Crippen LogP contribution in [-0.2, 0) is 11.3 Å². The summed E-state index contributed by atoms with van der Waals surface area (Å²) in [5.41, 5.74) is 1.86. The van der Waals surface area contributed by atoms with Gasteiger partial charge in [-0.05, 0) is 37.1 Å². The van der Waals surface area contributed by atoms with E-state index in [1.54, 1.807) is 11.3 Å². The molecule has 2 aliphatic rings. The number of aromatic nitrogens is 1. The topological polar surface area (TPSA) is 68.8 Å². The second-order valence-corrected chi connectivity index (χ2v) is 9.85. The third-order valence-corrected chi connectivity index (χ3v) is 7.56. The zero-order valence-corrected chi connectivity index (χ0v) is 19.5. The number of piperazine rings is 1. The molecule has 172 valence electrons. The van der Waals surface area contributed by atoms with Crippen molar-refractivity contribution in [2.45, 2.75) is 19.4 Å². The van der Waals surface area contributed by atoms with Crippen LogP contribution in [0.1, 0.15) is 17.8 Å². The van der Waals surface area contributed by atoms with Gasteiger partial charge in [-0.1, -0.05) is 30.3 Å². The van der Waals surface area contributed by atoms with Gasteiger partial charge in [-0.3, -0.25) is 9.69 Å². The molecule has 3 amide bonds. The van der Waals surface area contributed by atoms with Gasteiger partial charge in [0, 0.05) is 50.9 Å². The normalized spacial score (nSPS) is 17.9. The summed E-state index contributed by atoms with van der Waals surface area (Å²) in [6.07, 6.45) is 1.46. The number of nitrogens with zero attached hydrogens (tertiary/aromatic N) is 4. The lowest BCUT2D eigenvalue weighted by atomic mass is 9.95. The van der Waals surface area contributed by atoms with Gasteiger partial charge in [0.1, 0.15) is 5.01 Å². The van der Waals surface area contributed by atoms with Crippen LogP contribution in [0.25, 0.3) is 10.2 Å². The Morgan fingerprint density at radius 1 is 0.879 bits per heavy atom. The molecule has 1 N–H and O–H groups in total. The van der Waals surface area contributed by atoms with Gasteiger partial charge in [-0.2, -0.15) is 0 Å². The number of piperidine rings is 1. The van der Waals surface area contributed by atoms with Crippen LogP contribution in [-0.4, -0.2) is 70.9 Å². The smallest absolute Gasteiger partial charge is 0.321 e. The Morgan fingerprint density at radius 2 is 1.58 bits per heavy atom. The first kappa shape index (κ1) is 21.9. The summed E-state index contributed by atoms with van der Waals surface area (Å²) in [4.78, 5) is 36.5. The Kier molecular flexibility index (Phi) is 6.55. The summed E-state index contributed by atoms with van der Waals surface area (Å²) >= 11 is 1.75. The minimum atomic E-state index is -0.0874. The third kappa shape index (κ3) is 5.17. The van der Waals surface area contributed by atoms with Crippen molar-refractivity contribution in [3.63, 3.8) is 0 Å². The van der Waals surface area contributed by atoms with Crippen LogP contribution in [0.4, 0.5) is 10.5 Å². The lowest BCUT2D eigenvalue weighted by molar-refractivity contribution is -0.138. The van der Waals surface area contributed by atoms with Gasteiger partial charge in [0.05, 0.1) is 16.8 Å². The molecule has 0 aliphatic carbocycles. The van der Waals surface area contributed by atoms with E-state index < -0.39 is 0 Å². The predicted molar refractivity (Wildman–Crippen MR) is 131 cm³/mol. The minimum absolute atomic E-state index is 0.0154. The number of nitrogens with one attached hydrogen (secondary N) is 1. The number of benzene rings is 2. The quantitative estimate of drug-likeness (QED) is 0.638. The van der Waals surface area contributed by atoms with Crippen LogP contribution in [0.2, 0.25) is 0 Å². The number of carbonyl (C=O) groups is 2. The van der Waals surface area contributed by atoms with Gasteiger partial charge in [0.2, 0.25) is 5.91 Å². The lowest BCUT2D eigenvalue weighted by Gasteiger charge is -2.38. The molecule has 0 spiro atoms. The highest BCUT2D eigenvalue weighted by Crippen LogP contribution is 2.24. The number of urea groups is 1. The van der Waals surface area contributed by atoms with E-state index in [1.807, 2.05) is 46.2 Å². The van der Waals surface area contributed by atoms with E-state index in [2.05, 4.69) is 28.4 Å². The van der Waals surface area contributed by atoms with E-state index >= 15 is 0 Å². The van der Waals surface area contributed by atoms with Crippen LogP contribution in [0.5, 0.6) is 0 Å². The summed E-state index contributed by atoms with van der Waals surface area (Å²) in [5, 5.41) is 4.07. The Labute approximate surface area is 198 Å². The fourth-order valence-corrected chi connectivity index (χ4v) is 5.63. The highest BCUT2D eigenvalue weighted by molar-refractivity contribution is 7.18. The number of likely N-dealkylation sites (tertiary alicyclic amines) is 1. The molecule has 0 bridgehead atoms. The number of rotatable bonds is 4. The highest BCUT2D eigenvalue weighted by Gasteiger charge is 2.31. The van der Waals surface area contributed by atoms with Crippen LogP contribution < -0.4 is 5.32 Å². The second kappa shape index (κ2) is 9.89. The van der Waals surface area contributed by atoms with E-state index in [1.165, 1.54) is 4.70 Å². The number of anilines is 1. The van der Waals surface area contributed by atoms with Crippen molar-refractivity contribution in [1.82, 2.24) is 19.7 Å². The van der Waals surface area contributed by atoms with E-state index in [4.69, 9.17) is 4.98 Å². The molecule has 2 aliphatic heterocycles. The van der Waals surface area contributed by atoms with Crippen molar-refractivity contribution >= 4 is 39.2 Å². The number of para-hydroxylation sites is 2. The zero-order valence-electron chi connectivity index (χ0n) is 18.7. The van der Waals surface area contributed by atoms with Crippen LogP contribution >= 0.6 is 11.3 Å². The molecular weight excluding hydrogens is 434 g/mol. The molecular formula is C25H29N5O2S. The summed E-state index contributed by atoms with van der Waals surface area (Å²) < 4.78 is 1.23. The largest absolute Gasteiger partial charge is 0.340 e. The van der Waals surface area contributed by atoms with Crippen molar-refractivity contribution in [3.05, 3.63) is 59.6 Å². The molecule has 0 radical (unpaired) electrons. The maximum atomic E-state index is 13.1. The lowest BCUT2D eigenvalue weighted by Crippen LogP contribution is -2.51. The average molecular weight is 464 g/mol. The van der Waals surface area contributed by atoms with E-state index in [0.717, 1.165) is 61.8 Å². The van der Waals surface area contributed by atoms with Gasteiger partial charge in [-0.15, -0.1) is 11.3 Å².